The highest BCUT2D eigenvalue weighted by Crippen LogP contribution is 2.52. The Balaban J connectivity index is 2.23. The number of amides is 4. The van der Waals surface area contributed by atoms with Crippen molar-refractivity contribution in [2.24, 2.45) is 0 Å². The maximum absolute atomic E-state index is 13.7. The lowest BCUT2D eigenvalue weighted by Gasteiger charge is -2.42. The predicted octanol–water partition coefficient (Wildman–Crippen LogP) is 6.97. The second-order valence-electron chi connectivity index (χ2n) is 19.3. The van der Waals surface area contributed by atoms with Gasteiger partial charge in [-0.25, -0.2) is 16.0 Å². The van der Waals surface area contributed by atoms with Crippen LogP contribution in [0.2, 0.25) is 18.1 Å². The van der Waals surface area contributed by atoms with Gasteiger partial charge in [-0.1, -0.05) is 27.7 Å². The molecule has 0 aliphatic carbocycles. The summed E-state index contributed by atoms with van der Waals surface area (Å²) in [6.45, 7) is 23.5. The minimum atomic E-state index is -5.39. The maximum atomic E-state index is 13.7. The Hall–Kier alpha value is -4.13. The number of unbranched alkanes of at least 4 members (excludes halogenated alkanes) is 1. The van der Waals surface area contributed by atoms with Gasteiger partial charge in [-0.2, -0.15) is 39.5 Å². The van der Waals surface area contributed by atoms with E-state index in [9.17, 15) is 68.3 Å². The Labute approximate surface area is 421 Å². The van der Waals surface area contributed by atoms with Crippen LogP contribution < -0.4 is 21.9 Å². The molecule has 0 bridgehead atoms. The highest BCUT2D eigenvalue weighted by molar-refractivity contribution is 7.44. The summed E-state index contributed by atoms with van der Waals surface area (Å²) in [7, 11) is -4.46. The van der Waals surface area contributed by atoms with Gasteiger partial charge in [0.25, 0.3) is 14.1 Å². The molecule has 1 saturated heterocycles. The first-order valence-corrected chi connectivity index (χ1v) is 27.8. The van der Waals surface area contributed by atoms with Crippen molar-refractivity contribution in [1.29, 1.82) is 0 Å². The van der Waals surface area contributed by atoms with Crippen molar-refractivity contribution < 1.29 is 76.9 Å². The standard InChI is InChI=1S/C44H70F9N8O10PSi/c1-12-31-34(70-72(68-26-20-54-9)61(28(2)3)29(4)5)35(71-73(10,11)41(6,7)8)33(69-31)30-27-60(40(67)57-36(30)63)25-17-32(62)55-18-15-23-58(38(65)43(48,49)50)21-13-14-22-59(39(66)44(51,52)53)24-16-19-56-37(64)42(45,46)47/h27-29,31,33-35H,12-26H2,1-8,10-11H3,(H,55,62)(H,56,64)(H,57,63,67)/t31-,33+,34?,35-,72?/m1/s1. The zero-order valence-corrected chi connectivity index (χ0v) is 44.7. The predicted molar refractivity (Wildman–Crippen MR) is 253 cm³/mol. The van der Waals surface area contributed by atoms with Gasteiger partial charge >= 0.3 is 41.9 Å². The number of aromatic nitrogens is 2. The van der Waals surface area contributed by atoms with Gasteiger partial charge in [-0.3, -0.25) is 33.5 Å². The first kappa shape index (κ1) is 65.0. The van der Waals surface area contributed by atoms with Gasteiger partial charge in [0.05, 0.1) is 11.7 Å². The molecule has 29 heteroatoms. The lowest BCUT2D eigenvalue weighted by Crippen LogP contribution is -2.49. The van der Waals surface area contributed by atoms with Crippen LogP contribution in [0.15, 0.2) is 15.8 Å². The van der Waals surface area contributed by atoms with Gasteiger partial charge in [-0.15, -0.1) is 0 Å². The summed E-state index contributed by atoms with van der Waals surface area (Å²) in [6, 6.07) is -0.0685. The average Bonchev–Trinajstić information content (AvgIpc) is 3.58. The Morgan fingerprint density at radius 3 is 1.79 bits per heavy atom. The topological polar surface area (TPSA) is 198 Å². The van der Waals surface area contributed by atoms with Crippen LogP contribution in [0.1, 0.15) is 106 Å². The molecule has 0 radical (unpaired) electrons. The van der Waals surface area contributed by atoms with Gasteiger partial charge in [0, 0.05) is 70.5 Å². The number of alkyl halides is 9. The number of aryl methyl sites for hydroxylation is 1. The fourth-order valence-corrected chi connectivity index (χ4v) is 10.4. The molecule has 73 heavy (non-hydrogen) atoms. The van der Waals surface area contributed by atoms with Crippen LogP contribution >= 0.6 is 8.53 Å². The largest absolute Gasteiger partial charge is 0.471 e. The number of halogens is 9. The van der Waals surface area contributed by atoms with Gasteiger partial charge in [-0.05, 0) is 77.9 Å². The molecule has 0 aromatic carbocycles. The normalized spacial score (nSPS) is 18.3. The highest BCUT2D eigenvalue weighted by Gasteiger charge is 2.53. The number of carbonyl (C=O) groups excluding carboxylic acids is 4. The van der Waals surface area contributed by atoms with Gasteiger partial charge in [0.15, 0.2) is 8.32 Å². The summed E-state index contributed by atoms with van der Waals surface area (Å²) in [6.07, 6.45) is -19.5. The molecule has 2 unspecified atom stereocenters. The minimum absolute atomic E-state index is 0.0139. The summed E-state index contributed by atoms with van der Waals surface area (Å²) in [5.41, 5.74) is -1.61. The lowest BCUT2D eigenvalue weighted by atomic mass is 10.0. The highest BCUT2D eigenvalue weighted by atomic mass is 31.2. The second kappa shape index (κ2) is 28.1. The SMILES string of the molecule is [C-]#[N+]CCOP(OC1[C@@H](CC)O[C@@H](c2cn(CCC(=O)NCCCN(CCCCN(CCCNC(=O)C(F)(F)F)C(=O)C(F)(F)F)C(=O)C(F)(F)F)c(=O)[nH]c2=O)[C@H]1O[Si](C)(C)C(C)(C)C)N(C(C)C)C(C)C. The first-order valence-electron chi connectivity index (χ1n) is 23.8. The van der Waals surface area contributed by atoms with Crippen LogP contribution in [0.25, 0.3) is 4.85 Å². The van der Waals surface area contributed by atoms with E-state index in [1.54, 1.807) is 0 Å². The number of hydrogen-bond donors (Lipinski definition) is 3. The van der Waals surface area contributed by atoms with Crippen molar-refractivity contribution in [2.75, 3.05) is 52.4 Å². The molecule has 18 nitrogen and oxygen atoms in total. The molecule has 2 heterocycles. The van der Waals surface area contributed by atoms with Crippen molar-refractivity contribution >= 4 is 40.5 Å². The molecule has 0 saturated carbocycles. The summed E-state index contributed by atoms with van der Waals surface area (Å²) >= 11 is 0. The van der Waals surface area contributed by atoms with E-state index in [2.05, 4.69) is 19.8 Å². The van der Waals surface area contributed by atoms with E-state index < -0.39 is 134 Å². The molecule has 5 atom stereocenters. The molecule has 1 aromatic rings. The third-order valence-electron chi connectivity index (χ3n) is 12.0. The summed E-state index contributed by atoms with van der Waals surface area (Å²) in [5, 5.41) is 3.63. The summed E-state index contributed by atoms with van der Waals surface area (Å²) in [4.78, 5) is 81.2. The molecule has 1 aromatic heterocycles. The van der Waals surface area contributed by atoms with Crippen molar-refractivity contribution in [3.63, 3.8) is 0 Å². The van der Waals surface area contributed by atoms with E-state index >= 15 is 0 Å². The van der Waals surface area contributed by atoms with Crippen LogP contribution in [0, 0.1) is 6.57 Å². The summed E-state index contributed by atoms with van der Waals surface area (Å²) < 4.78 is 147. The summed E-state index contributed by atoms with van der Waals surface area (Å²) in [5.74, 6) is -7.65. The molecular weight excluding hydrogens is 1030 g/mol. The van der Waals surface area contributed by atoms with Crippen LogP contribution in [0.5, 0.6) is 0 Å². The third kappa shape index (κ3) is 20.2. The van der Waals surface area contributed by atoms with E-state index in [1.807, 2.05) is 68.5 Å². The van der Waals surface area contributed by atoms with Crippen molar-refractivity contribution in [3.8, 4) is 0 Å². The molecule has 3 N–H and O–H groups in total. The molecule has 4 amide bonds. The van der Waals surface area contributed by atoms with E-state index in [-0.39, 0.29) is 79.5 Å². The lowest BCUT2D eigenvalue weighted by molar-refractivity contribution is -0.186. The number of hydrogen-bond acceptors (Lipinski definition) is 11. The van der Waals surface area contributed by atoms with Gasteiger partial charge < -0.3 is 43.5 Å². The number of nitrogens with one attached hydrogen (secondary N) is 3. The number of nitrogens with zero attached hydrogens (tertiary/aromatic N) is 5. The molecule has 2 rings (SSSR count). The molecule has 1 fully saturated rings. The Bertz CT molecular complexity index is 2120. The first-order chi connectivity index (χ1) is 33.6. The van der Waals surface area contributed by atoms with Crippen LogP contribution in [0.3, 0.4) is 0 Å². The van der Waals surface area contributed by atoms with Gasteiger partial charge in [0.2, 0.25) is 12.5 Å². The zero-order valence-electron chi connectivity index (χ0n) is 42.8. The Morgan fingerprint density at radius 1 is 0.836 bits per heavy atom. The Morgan fingerprint density at radius 2 is 1.34 bits per heavy atom. The van der Waals surface area contributed by atoms with E-state index in [4.69, 9.17) is 24.8 Å². The molecule has 418 valence electrons. The van der Waals surface area contributed by atoms with E-state index in [0.717, 1.165) is 4.57 Å². The number of rotatable bonds is 28. The number of aromatic amines is 1. The van der Waals surface area contributed by atoms with E-state index in [1.165, 1.54) is 11.5 Å². The fourth-order valence-electron chi connectivity index (χ4n) is 7.34. The van der Waals surface area contributed by atoms with E-state index in [0.29, 0.717) is 11.3 Å². The monoisotopic (exact) mass is 1100 g/mol. The zero-order chi connectivity index (χ0) is 55.9. The quantitative estimate of drug-likeness (QED) is 0.0258. The average molecular weight is 1100 g/mol. The van der Waals surface area contributed by atoms with Crippen molar-refractivity contribution in [2.45, 2.75) is 174 Å². The van der Waals surface area contributed by atoms with Crippen LogP contribution in [-0.2, 0) is 43.9 Å². The number of carbonyl (C=O) groups is 4. The molecule has 0 spiro atoms. The molecule has 1 aliphatic rings. The molecular formula is C44H70F9N8O10PSi. The molecule has 1 aliphatic heterocycles. The smallest absolute Gasteiger partial charge is 0.408 e. The van der Waals surface area contributed by atoms with Crippen LogP contribution in [0.4, 0.5) is 39.5 Å². The van der Waals surface area contributed by atoms with Gasteiger partial charge in [0.1, 0.15) is 24.9 Å². The fraction of sp³-hybridized carbons (Fsp3) is 0.795. The number of ether oxygens (including phenoxy) is 1. The third-order valence-corrected chi connectivity index (χ3v) is 18.6. The minimum Gasteiger partial charge on any atom is -0.408 e. The van der Waals surface area contributed by atoms with Crippen molar-refractivity contribution in [1.82, 2.24) is 34.7 Å². The second-order valence-corrected chi connectivity index (χ2v) is 25.5. The maximum Gasteiger partial charge on any atom is 0.471 e. The Kier molecular flexibility index (Phi) is 25.0. The van der Waals surface area contributed by atoms with Crippen molar-refractivity contribution in [3.05, 3.63) is 44.0 Å². The number of H-pyrrole nitrogens is 1. The van der Waals surface area contributed by atoms with Crippen LogP contribution in [-0.4, -0.2) is 157 Å².